The minimum atomic E-state index is 0. The summed E-state index contributed by atoms with van der Waals surface area (Å²) < 4.78 is 0. The summed E-state index contributed by atoms with van der Waals surface area (Å²) in [5.41, 5.74) is 0. The molecular weight excluding hydrogens is 136 g/mol. The van der Waals surface area contributed by atoms with Crippen molar-refractivity contribution in [1.82, 2.24) is 0 Å². The van der Waals surface area contributed by atoms with Crippen LogP contribution < -0.4 is 0 Å². The first-order valence-corrected chi connectivity index (χ1v) is 3.93. The SMILES string of the molecule is CCCCC(CC)C[O].[MgH2]. The number of hydrogen-bond donors (Lipinski definition) is 0. The zero-order chi connectivity index (χ0) is 7.11. The Hall–Kier alpha value is 0.726. The first-order valence-electron chi connectivity index (χ1n) is 3.93. The predicted molar refractivity (Wildman–Crippen MR) is 47.4 cm³/mol. The highest BCUT2D eigenvalue weighted by Gasteiger charge is 2.02. The Labute approximate surface area is 80.4 Å². The molecule has 0 saturated heterocycles. The maximum absolute atomic E-state index is 10.4. The van der Waals surface area contributed by atoms with E-state index in [1.807, 2.05) is 0 Å². The second-order valence-corrected chi connectivity index (χ2v) is 2.58. The van der Waals surface area contributed by atoms with Crippen molar-refractivity contribution in [1.29, 1.82) is 0 Å². The second-order valence-electron chi connectivity index (χ2n) is 2.58. The van der Waals surface area contributed by atoms with Crippen molar-refractivity contribution in [3.05, 3.63) is 0 Å². The van der Waals surface area contributed by atoms with Crippen LogP contribution in [0.5, 0.6) is 0 Å². The van der Waals surface area contributed by atoms with E-state index in [0.29, 0.717) is 5.92 Å². The number of rotatable bonds is 5. The van der Waals surface area contributed by atoms with Gasteiger partial charge in [-0.25, -0.2) is 5.11 Å². The van der Waals surface area contributed by atoms with Gasteiger partial charge in [-0.3, -0.25) is 0 Å². The third-order valence-electron chi connectivity index (χ3n) is 1.78. The lowest BCUT2D eigenvalue weighted by atomic mass is 10.0. The van der Waals surface area contributed by atoms with Crippen molar-refractivity contribution in [2.45, 2.75) is 39.5 Å². The molecule has 0 aliphatic heterocycles. The Morgan fingerprint density at radius 2 is 1.90 bits per heavy atom. The smallest absolute Gasteiger partial charge is 0.236 e. The van der Waals surface area contributed by atoms with Gasteiger partial charge in [0.1, 0.15) is 0 Å². The summed E-state index contributed by atoms with van der Waals surface area (Å²) in [5.74, 6) is 0.449. The molecule has 1 radical (unpaired) electrons. The molecule has 0 aromatic heterocycles. The minimum Gasteiger partial charge on any atom is -0.236 e. The number of unbranched alkanes of at least 4 members (excludes halogenated alkanes) is 1. The molecular formula is C8H19MgO. The largest absolute Gasteiger partial charge is 0.316 e. The summed E-state index contributed by atoms with van der Waals surface area (Å²) in [6.07, 6.45) is 4.64. The molecule has 0 saturated carbocycles. The topological polar surface area (TPSA) is 19.9 Å². The van der Waals surface area contributed by atoms with E-state index in [0.717, 1.165) is 12.8 Å². The van der Waals surface area contributed by atoms with Crippen LogP contribution in [0, 0.1) is 5.92 Å². The van der Waals surface area contributed by atoms with Crippen LogP contribution in [0.15, 0.2) is 0 Å². The highest BCUT2D eigenvalue weighted by molar-refractivity contribution is 5.75. The maximum atomic E-state index is 10.4. The van der Waals surface area contributed by atoms with E-state index >= 15 is 0 Å². The molecule has 10 heavy (non-hydrogen) atoms. The normalized spacial score (nSPS) is 12.3. The molecule has 0 aliphatic rings. The summed E-state index contributed by atoms with van der Waals surface area (Å²) >= 11 is 0. The summed E-state index contributed by atoms with van der Waals surface area (Å²) in [5, 5.41) is 10.4. The summed E-state index contributed by atoms with van der Waals surface area (Å²) in [4.78, 5) is 0. The summed E-state index contributed by atoms with van der Waals surface area (Å²) in [6.45, 7) is 4.38. The molecule has 59 valence electrons. The van der Waals surface area contributed by atoms with Gasteiger partial charge in [0.15, 0.2) is 0 Å². The molecule has 1 unspecified atom stereocenters. The fourth-order valence-corrected chi connectivity index (χ4v) is 0.898. The molecule has 0 amide bonds. The highest BCUT2D eigenvalue weighted by atomic mass is 24.3. The Bertz CT molecular complexity index is 53.2. The molecule has 0 heterocycles. The van der Waals surface area contributed by atoms with Crippen LogP contribution in [-0.2, 0) is 5.11 Å². The van der Waals surface area contributed by atoms with Gasteiger partial charge in [-0.05, 0) is 12.3 Å². The fraction of sp³-hybridized carbons (Fsp3) is 1.00. The predicted octanol–water partition coefficient (Wildman–Crippen LogP) is 1.72. The molecule has 1 atom stereocenters. The van der Waals surface area contributed by atoms with Gasteiger partial charge >= 0.3 is 23.1 Å². The molecule has 0 aliphatic carbocycles. The summed E-state index contributed by atoms with van der Waals surface area (Å²) in [7, 11) is 0. The van der Waals surface area contributed by atoms with Crippen molar-refractivity contribution in [2.24, 2.45) is 5.92 Å². The van der Waals surface area contributed by atoms with E-state index in [-0.39, 0.29) is 29.7 Å². The molecule has 0 rings (SSSR count). The van der Waals surface area contributed by atoms with Gasteiger partial charge in [-0.2, -0.15) is 0 Å². The van der Waals surface area contributed by atoms with Gasteiger partial charge in [0.05, 0.1) is 6.61 Å². The number of hydrogen-bond acceptors (Lipinski definition) is 0. The lowest BCUT2D eigenvalue weighted by molar-refractivity contribution is 0.135. The van der Waals surface area contributed by atoms with Crippen LogP contribution >= 0.6 is 0 Å². The average molecular weight is 156 g/mol. The van der Waals surface area contributed by atoms with Crippen LogP contribution in [0.3, 0.4) is 0 Å². The molecule has 0 fully saturated rings. The monoisotopic (exact) mass is 155 g/mol. The lowest BCUT2D eigenvalue weighted by Crippen LogP contribution is -2.02. The van der Waals surface area contributed by atoms with Crippen molar-refractivity contribution < 1.29 is 5.11 Å². The first-order chi connectivity index (χ1) is 4.35. The molecule has 0 bridgehead atoms. The van der Waals surface area contributed by atoms with Crippen LogP contribution in [0.25, 0.3) is 0 Å². The lowest BCUT2D eigenvalue weighted by Gasteiger charge is -2.07. The van der Waals surface area contributed by atoms with E-state index in [9.17, 15) is 5.11 Å². The quantitative estimate of drug-likeness (QED) is 0.539. The van der Waals surface area contributed by atoms with E-state index in [4.69, 9.17) is 0 Å². The first kappa shape index (κ1) is 13.3. The van der Waals surface area contributed by atoms with E-state index in [1.165, 1.54) is 12.8 Å². The van der Waals surface area contributed by atoms with Crippen molar-refractivity contribution in [3.8, 4) is 0 Å². The third kappa shape index (κ3) is 6.84. The van der Waals surface area contributed by atoms with Crippen LogP contribution in [0.2, 0.25) is 0 Å². The van der Waals surface area contributed by atoms with Gasteiger partial charge in [-0.1, -0.05) is 33.1 Å². The Morgan fingerprint density at radius 3 is 2.20 bits per heavy atom. The highest BCUT2D eigenvalue weighted by Crippen LogP contribution is 2.10. The van der Waals surface area contributed by atoms with Gasteiger partial charge in [0, 0.05) is 0 Å². The van der Waals surface area contributed by atoms with Crippen molar-refractivity contribution in [2.75, 3.05) is 6.61 Å². The van der Waals surface area contributed by atoms with E-state index in [1.54, 1.807) is 0 Å². The van der Waals surface area contributed by atoms with Crippen molar-refractivity contribution in [3.63, 3.8) is 0 Å². The van der Waals surface area contributed by atoms with Crippen LogP contribution in [-0.4, -0.2) is 29.7 Å². The van der Waals surface area contributed by atoms with Gasteiger partial charge in [-0.15, -0.1) is 0 Å². The third-order valence-corrected chi connectivity index (χ3v) is 1.78. The van der Waals surface area contributed by atoms with Crippen LogP contribution in [0.4, 0.5) is 0 Å². The minimum absolute atomic E-state index is 0. The molecule has 2 heteroatoms. The zero-order valence-corrected chi connectivity index (χ0v) is 6.52. The Morgan fingerprint density at radius 1 is 1.30 bits per heavy atom. The molecule has 0 aromatic rings. The molecule has 0 spiro atoms. The Kier molecular flexibility index (Phi) is 13.0. The van der Waals surface area contributed by atoms with E-state index < -0.39 is 0 Å². The van der Waals surface area contributed by atoms with Crippen molar-refractivity contribution >= 4 is 23.1 Å². The van der Waals surface area contributed by atoms with Gasteiger partial charge in [0.2, 0.25) is 0 Å². The molecule has 0 N–H and O–H groups in total. The average Bonchev–Trinajstić information content (AvgIpc) is 1.91. The molecule has 1 nitrogen and oxygen atoms in total. The standard InChI is InChI=1S/C8H17O.Mg.2H/c1-3-5-6-8(4-2)7-9;;;/h8H,3-7H2,1-2H3;;;. The van der Waals surface area contributed by atoms with Gasteiger partial charge in [0.25, 0.3) is 0 Å². The Balaban J connectivity index is 0. The van der Waals surface area contributed by atoms with Crippen LogP contribution in [0.1, 0.15) is 39.5 Å². The second kappa shape index (κ2) is 9.73. The molecule has 0 aromatic carbocycles. The van der Waals surface area contributed by atoms with E-state index in [2.05, 4.69) is 13.8 Å². The fourth-order valence-electron chi connectivity index (χ4n) is 0.898. The van der Waals surface area contributed by atoms with Gasteiger partial charge < -0.3 is 0 Å². The summed E-state index contributed by atoms with van der Waals surface area (Å²) in [6, 6.07) is 0. The zero-order valence-electron chi connectivity index (χ0n) is 6.52. The maximum Gasteiger partial charge on any atom is 0.316 e.